The van der Waals surface area contributed by atoms with Gasteiger partial charge >= 0.3 is 0 Å². The molecule has 0 radical (unpaired) electrons. The van der Waals surface area contributed by atoms with Gasteiger partial charge in [-0.05, 0) is 0 Å². The maximum atomic E-state index is 13.7. The average molecular weight is 520 g/mol. The van der Waals surface area contributed by atoms with Crippen LogP contribution in [0, 0.1) is 5.92 Å². The van der Waals surface area contributed by atoms with E-state index in [1.54, 1.807) is 14.0 Å². The molecule has 0 saturated heterocycles. The zero-order valence-electron chi connectivity index (χ0n) is 20.3. The van der Waals surface area contributed by atoms with Crippen LogP contribution in [-0.2, 0) is 22.4 Å². The number of aromatic nitrogens is 2. The number of nitrogens with zero attached hydrogens (tertiary/aromatic N) is 3. The Kier molecular flexibility index (Phi) is 7.32. The Hall–Kier alpha value is -3.44. The van der Waals surface area contributed by atoms with Crippen LogP contribution in [0.2, 0.25) is 5.02 Å². The molecule has 0 fully saturated rings. The second kappa shape index (κ2) is 10.3. The molecule has 2 heterocycles. The highest BCUT2D eigenvalue weighted by molar-refractivity contribution is 6.35. The molecule has 11 nitrogen and oxygen atoms in total. The van der Waals surface area contributed by atoms with Crippen molar-refractivity contribution < 1.29 is 38.2 Å². The summed E-state index contributed by atoms with van der Waals surface area (Å²) in [4.78, 5) is 35.0. The molecule has 192 valence electrons. The van der Waals surface area contributed by atoms with Crippen LogP contribution in [0.5, 0.6) is 17.2 Å². The maximum Gasteiger partial charge on any atom is 0.231 e. The van der Waals surface area contributed by atoms with Gasteiger partial charge in [-0.3, -0.25) is 14.6 Å². The monoisotopic (exact) mass is 519 g/mol. The molecule has 2 atom stereocenters. The third-order valence-corrected chi connectivity index (χ3v) is 6.58. The van der Waals surface area contributed by atoms with Gasteiger partial charge in [-0.15, -0.1) is 0 Å². The van der Waals surface area contributed by atoms with Crippen molar-refractivity contribution in [2.75, 3.05) is 34.5 Å². The molecule has 1 aromatic carbocycles. The van der Waals surface area contributed by atoms with E-state index in [4.69, 9.17) is 35.1 Å². The van der Waals surface area contributed by atoms with Gasteiger partial charge in [0.1, 0.15) is 22.1 Å². The van der Waals surface area contributed by atoms with Crippen molar-refractivity contribution in [2.45, 2.75) is 31.8 Å². The summed E-state index contributed by atoms with van der Waals surface area (Å²) in [5.74, 6) is -0.756. The van der Waals surface area contributed by atoms with E-state index in [0.717, 1.165) is 0 Å². The van der Waals surface area contributed by atoms with E-state index in [0.29, 0.717) is 31.2 Å². The topological polar surface area (TPSA) is 143 Å². The van der Waals surface area contributed by atoms with Crippen molar-refractivity contribution >= 4 is 29.4 Å². The first-order valence-corrected chi connectivity index (χ1v) is 11.6. The third-order valence-electron chi connectivity index (χ3n) is 6.23. The molecule has 36 heavy (non-hydrogen) atoms. The Morgan fingerprint density at radius 3 is 2.69 bits per heavy atom. The summed E-state index contributed by atoms with van der Waals surface area (Å²) >= 11 is 6.43. The Bertz CT molecular complexity index is 1250. The molecule has 12 heteroatoms. The lowest BCUT2D eigenvalue weighted by Gasteiger charge is -2.36. The number of aliphatic hydroxyl groups excluding tert-OH is 1. The lowest BCUT2D eigenvalue weighted by Crippen LogP contribution is -2.52. The van der Waals surface area contributed by atoms with Crippen molar-refractivity contribution in [2.24, 2.45) is 10.9 Å². The van der Waals surface area contributed by atoms with Crippen molar-refractivity contribution in [1.82, 2.24) is 10.1 Å². The quantitative estimate of drug-likeness (QED) is 0.491. The zero-order chi connectivity index (χ0) is 26.0. The zero-order valence-corrected chi connectivity index (χ0v) is 21.0. The lowest BCUT2D eigenvalue weighted by atomic mass is 9.73. The van der Waals surface area contributed by atoms with Crippen molar-refractivity contribution in [3.8, 4) is 17.2 Å². The number of hydrogen-bond acceptors (Lipinski definition) is 11. The van der Waals surface area contributed by atoms with Gasteiger partial charge in [-0.1, -0.05) is 23.7 Å². The van der Waals surface area contributed by atoms with Gasteiger partial charge in [0.15, 0.2) is 23.1 Å². The van der Waals surface area contributed by atoms with E-state index in [1.165, 1.54) is 26.5 Å². The molecule has 2 aliphatic rings. The van der Waals surface area contributed by atoms with Gasteiger partial charge in [0.05, 0.1) is 26.4 Å². The van der Waals surface area contributed by atoms with E-state index in [-0.39, 0.29) is 52.2 Å². The van der Waals surface area contributed by atoms with Crippen LogP contribution >= 0.6 is 11.6 Å². The highest BCUT2D eigenvalue weighted by atomic mass is 35.5. The summed E-state index contributed by atoms with van der Waals surface area (Å²) in [6.45, 7) is 2.34. The predicted molar refractivity (Wildman–Crippen MR) is 128 cm³/mol. The second-order valence-corrected chi connectivity index (χ2v) is 8.77. The summed E-state index contributed by atoms with van der Waals surface area (Å²) in [6, 6.07) is 1.47. The summed E-state index contributed by atoms with van der Waals surface area (Å²) < 4.78 is 26.9. The van der Waals surface area contributed by atoms with E-state index < -0.39 is 23.1 Å². The van der Waals surface area contributed by atoms with Gasteiger partial charge in [0, 0.05) is 51.1 Å². The van der Waals surface area contributed by atoms with Crippen LogP contribution in [0.1, 0.15) is 35.4 Å². The molecule has 1 spiro atoms. The largest absolute Gasteiger partial charge is 0.507 e. The number of ether oxygens (including phenoxy) is 4. The van der Waals surface area contributed by atoms with Crippen molar-refractivity contribution in [3.63, 3.8) is 0 Å². The lowest BCUT2D eigenvalue weighted by molar-refractivity contribution is -0.118. The Labute approximate surface area is 212 Å². The van der Waals surface area contributed by atoms with Crippen LogP contribution in [0.3, 0.4) is 0 Å². The average Bonchev–Trinajstić information content (AvgIpc) is 3.45. The van der Waals surface area contributed by atoms with Crippen LogP contribution < -0.4 is 14.2 Å². The molecule has 4 rings (SSSR count). The van der Waals surface area contributed by atoms with Gasteiger partial charge in [-0.25, -0.2) is 0 Å². The van der Waals surface area contributed by atoms with Gasteiger partial charge in [0.2, 0.25) is 17.3 Å². The number of aliphatic imine (C=N–C) groups is 1. The van der Waals surface area contributed by atoms with Gasteiger partial charge < -0.3 is 28.6 Å². The summed E-state index contributed by atoms with van der Waals surface area (Å²) in [5.41, 5.74) is -1.88. The fourth-order valence-electron chi connectivity index (χ4n) is 4.31. The fraction of sp³-hybridized carbons (Fsp3) is 0.458. The minimum Gasteiger partial charge on any atom is -0.507 e. The standard InChI is InChI=1S/C24H26ClN3O8/c1-12-9-14(29)13(11-26-7-5-18-27-17(28-36-18)6-8-32-2)22(30)24(12)23(31)19-15(33-3)10-16(34-4)20(25)21(19)35-24/h10-12,30H,5-9H2,1-4H3. The molecular formula is C24H26ClN3O8. The van der Waals surface area contributed by atoms with E-state index in [1.807, 2.05) is 0 Å². The SMILES string of the molecule is COCCc1noc(CCN=CC2=C(O)C3(Oc4c(Cl)c(OC)cc(OC)c4C3=O)C(C)CC2=O)n1. The van der Waals surface area contributed by atoms with Gasteiger partial charge in [0.25, 0.3) is 0 Å². The number of hydrogen-bond donors (Lipinski definition) is 1. The van der Waals surface area contributed by atoms with E-state index in [2.05, 4.69) is 15.1 Å². The minimum atomic E-state index is -1.84. The molecular weight excluding hydrogens is 494 g/mol. The molecule has 1 N–H and O–H groups in total. The third kappa shape index (κ3) is 4.22. The van der Waals surface area contributed by atoms with Crippen LogP contribution in [-0.4, -0.2) is 73.1 Å². The molecule has 0 bridgehead atoms. The highest BCUT2D eigenvalue weighted by Crippen LogP contribution is 2.54. The fourth-order valence-corrected chi connectivity index (χ4v) is 4.58. The number of aliphatic hydroxyl groups is 1. The Balaban J connectivity index is 1.61. The Morgan fingerprint density at radius 2 is 2.00 bits per heavy atom. The smallest absolute Gasteiger partial charge is 0.231 e. The first-order chi connectivity index (χ1) is 17.3. The number of carbonyl (C=O) groups excluding carboxylic acids is 2. The number of fused-ring (bicyclic) bond motifs is 1. The number of benzene rings is 1. The van der Waals surface area contributed by atoms with Gasteiger partial charge in [-0.2, -0.15) is 4.98 Å². The molecule has 0 amide bonds. The second-order valence-electron chi connectivity index (χ2n) is 8.39. The summed E-state index contributed by atoms with van der Waals surface area (Å²) in [6.07, 6.45) is 2.05. The molecule has 1 aromatic heterocycles. The van der Waals surface area contributed by atoms with Crippen molar-refractivity contribution in [3.05, 3.63) is 39.7 Å². The Morgan fingerprint density at radius 1 is 1.25 bits per heavy atom. The molecule has 2 unspecified atom stereocenters. The van der Waals surface area contributed by atoms with Crippen LogP contribution in [0.4, 0.5) is 0 Å². The van der Waals surface area contributed by atoms with E-state index >= 15 is 0 Å². The minimum absolute atomic E-state index is 0.0302. The number of ketones is 2. The van der Waals surface area contributed by atoms with Crippen LogP contribution in [0.25, 0.3) is 0 Å². The number of Topliss-reactive ketones (excluding diaryl/α,β-unsaturated/α-hetero) is 2. The predicted octanol–water partition coefficient (Wildman–Crippen LogP) is 2.98. The normalized spacial score (nSPS) is 21.4. The maximum absolute atomic E-state index is 13.7. The number of methoxy groups -OCH3 is 3. The number of rotatable bonds is 9. The highest BCUT2D eigenvalue weighted by Gasteiger charge is 2.60. The molecule has 0 saturated carbocycles. The number of allylic oxidation sites excluding steroid dienone is 1. The summed E-state index contributed by atoms with van der Waals surface area (Å²) in [5, 5.41) is 15.2. The molecule has 2 aromatic rings. The first-order valence-electron chi connectivity index (χ1n) is 11.2. The molecule has 1 aliphatic carbocycles. The van der Waals surface area contributed by atoms with Crippen LogP contribution in [0.15, 0.2) is 26.9 Å². The van der Waals surface area contributed by atoms with Crippen molar-refractivity contribution in [1.29, 1.82) is 0 Å². The number of carbonyl (C=O) groups is 2. The number of halogens is 1. The molecule has 1 aliphatic heterocycles. The first kappa shape index (κ1) is 25.6. The van der Waals surface area contributed by atoms with E-state index in [9.17, 15) is 14.7 Å². The summed E-state index contributed by atoms with van der Waals surface area (Å²) in [7, 11) is 4.40.